The van der Waals surface area contributed by atoms with Gasteiger partial charge >= 0.3 is 5.97 Å². The minimum Gasteiger partial charge on any atom is -0.491 e. The number of halogens is 1. The molecule has 3 rings (SSSR count). The fraction of sp³-hybridized carbons (Fsp3) is 0.562. The van der Waals surface area contributed by atoms with E-state index >= 15 is 0 Å². The van der Waals surface area contributed by atoms with Crippen molar-refractivity contribution in [3.63, 3.8) is 0 Å². The maximum absolute atomic E-state index is 11.1. The Bertz CT molecular complexity index is 537. The summed E-state index contributed by atoms with van der Waals surface area (Å²) in [7, 11) is 0. The average Bonchev–Trinajstić information content (AvgIpc) is 3.08. The highest BCUT2D eigenvalue weighted by Crippen LogP contribution is 2.43. The van der Waals surface area contributed by atoms with Gasteiger partial charge in [-0.1, -0.05) is 12.8 Å². The summed E-state index contributed by atoms with van der Waals surface area (Å²) in [6.07, 6.45) is 7.16. The molecule has 2 fully saturated rings. The normalized spacial score (nSPS) is 23.6. The number of carboxylic acids is 1. The van der Waals surface area contributed by atoms with Gasteiger partial charge in [0.2, 0.25) is 0 Å². The summed E-state index contributed by atoms with van der Waals surface area (Å²) < 4.78 is 12.5. The standard InChI is InChI=1S/C16H19BrO4/c17-14-4-3-11(9-13(14)15(18)19)20-10-12-5-8-16(21-12)6-1-2-7-16/h3-4,9,12H,1-2,5-8,10H2,(H,18,19). The molecule has 114 valence electrons. The number of carboxylic acid groups (broad SMARTS) is 1. The smallest absolute Gasteiger partial charge is 0.336 e. The first-order chi connectivity index (χ1) is 10.1. The van der Waals surface area contributed by atoms with Gasteiger partial charge in [0.15, 0.2) is 0 Å². The number of hydrogen-bond donors (Lipinski definition) is 1. The second-order valence-corrected chi connectivity index (χ2v) is 6.78. The molecule has 1 aliphatic heterocycles. The second-order valence-electron chi connectivity index (χ2n) is 5.93. The topological polar surface area (TPSA) is 55.8 Å². The largest absolute Gasteiger partial charge is 0.491 e. The van der Waals surface area contributed by atoms with Crippen molar-refractivity contribution in [3.8, 4) is 5.75 Å². The van der Waals surface area contributed by atoms with E-state index in [1.165, 1.54) is 25.7 Å². The van der Waals surface area contributed by atoms with Crippen LogP contribution < -0.4 is 4.74 Å². The van der Waals surface area contributed by atoms with Crippen molar-refractivity contribution in [2.45, 2.75) is 50.2 Å². The highest BCUT2D eigenvalue weighted by Gasteiger charge is 2.42. The molecular weight excluding hydrogens is 336 g/mol. The quantitative estimate of drug-likeness (QED) is 0.887. The van der Waals surface area contributed by atoms with Crippen LogP contribution in [0.25, 0.3) is 0 Å². The van der Waals surface area contributed by atoms with E-state index < -0.39 is 5.97 Å². The molecule has 0 bridgehead atoms. The van der Waals surface area contributed by atoms with Crippen LogP contribution in [0.2, 0.25) is 0 Å². The molecule has 1 saturated carbocycles. The van der Waals surface area contributed by atoms with Gasteiger partial charge < -0.3 is 14.6 Å². The summed E-state index contributed by atoms with van der Waals surface area (Å²) in [6, 6.07) is 5.02. The SMILES string of the molecule is O=C(O)c1cc(OCC2CCC3(CCCC3)O2)ccc1Br. The maximum Gasteiger partial charge on any atom is 0.336 e. The van der Waals surface area contributed by atoms with Gasteiger partial charge in [0.1, 0.15) is 12.4 Å². The van der Waals surface area contributed by atoms with Gasteiger partial charge in [0.05, 0.1) is 17.3 Å². The molecule has 0 amide bonds. The van der Waals surface area contributed by atoms with E-state index in [1.54, 1.807) is 18.2 Å². The first-order valence-electron chi connectivity index (χ1n) is 7.41. The summed E-state index contributed by atoms with van der Waals surface area (Å²) in [5.41, 5.74) is 0.326. The Morgan fingerprint density at radius 2 is 2.14 bits per heavy atom. The van der Waals surface area contributed by atoms with Crippen LogP contribution in [0.4, 0.5) is 0 Å². The zero-order valence-corrected chi connectivity index (χ0v) is 13.4. The Morgan fingerprint density at radius 3 is 2.86 bits per heavy atom. The number of carbonyl (C=O) groups is 1. The van der Waals surface area contributed by atoms with Crippen molar-refractivity contribution in [3.05, 3.63) is 28.2 Å². The van der Waals surface area contributed by atoms with Gasteiger partial charge in [-0.25, -0.2) is 4.79 Å². The van der Waals surface area contributed by atoms with Gasteiger partial charge in [-0.3, -0.25) is 0 Å². The minimum absolute atomic E-state index is 0.111. The van der Waals surface area contributed by atoms with E-state index in [0.717, 1.165) is 12.8 Å². The van der Waals surface area contributed by atoms with Gasteiger partial charge in [0.25, 0.3) is 0 Å². The van der Waals surface area contributed by atoms with Crippen LogP contribution in [0.1, 0.15) is 48.9 Å². The molecular formula is C16H19BrO4. The Labute approximate surface area is 132 Å². The van der Waals surface area contributed by atoms with E-state index in [9.17, 15) is 4.79 Å². The molecule has 1 heterocycles. The first kappa shape index (κ1) is 14.9. The molecule has 0 radical (unpaired) electrons. The van der Waals surface area contributed by atoms with Gasteiger partial charge in [-0.2, -0.15) is 0 Å². The highest BCUT2D eigenvalue weighted by molar-refractivity contribution is 9.10. The first-order valence-corrected chi connectivity index (χ1v) is 8.21. The summed E-state index contributed by atoms with van der Waals surface area (Å²) in [5.74, 6) is -0.388. The van der Waals surface area contributed by atoms with E-state index in [1.807, 2.05) is 0 Å². The van der Waals surface area contributed by atoms with Crippen LogP contribution in [-0.2, 0) is 4.74 Å². The van der Waals surface area contributed by atoms with Crippen LogP contribution in [0.15, 0.2) is 22.7 Å². The van der Waals surface area contributed by atoms with Crippen molar-refractivity contribution >= 4 is 21.9 Å². The lowest BCUT2D eigenvalue weighted by molar-refractivity contribution is -0.0508. The van der Waals surface area contributed by atoms with Crippen molar-refractivity contribution in [2.24, 2.45) is 0 Å². The van der Waals surface area contributed by atoms with Crippen molar-refractivity contribution < 1.29 is 19.4 Å². The Balaban J connectivity index is 1.58. The van der Waals surface area contributed by atoms with Crippen LogP contribution >= 0.6 is 15.9 Å². The Kier molecular flexibility index (Phi) is 4.22. The molecule has 21 heavy (non-hydrogen) atoms. The zero-order valence-electron chi connectivity index (χ0n) is 11.8. The van der Waals surface area contributed by atoms with Crippen molar-refractivity contribution in [1.82, 2.24) is 0 Å². The van der Waals surface area contributed by atoms with E-state index in [0.29, 0.717) is 16.8 Å². The maximum atomic E-state index is 11.1. The minimum atomic E-state index is -0.964. The Morgan fingerprint density at radius 1 is 1.38 bits per heavy atom. The number of rotatable bonds is 4. The zero-order chi connectivity index (χ0) is 14.9. The fourth-order valence-corrected chi connectivity index (χ4v) is 3.76. The predicted molar refractivity (Wildman–Crippen MR) is 81.9 cm³/mol. The molecule has 0 aromatic heterocycles. The van der Waals surface area contributed by atoms with Crippen molar-refractivity contribution in [1.29, 1.82) is 0 Å². The molecule has 1 N–H and O–H groups in total. The van der Waals surface area contributed by atoms with Crippen LogP contribution in [0.3, 0.4) is 0 Å². The third-order valence-electron chi connectivity index (χ3n) is 4.46. The molecule has 1 atom stereocenters. The van der Waals surface area contributed by atoms with Crippen LogP contribution in [0, 0.1) is 0 Å². The molecule has 1 aromatic rings. The average molecular weight is 355 g/mol. The number of hydrogen-bond acceptors (Lipinski definition) is 3. The lowest BCUT2D eigenvalue weighted by Gasteiger charge is -2.23. The third-order valence-corrected chi connectivity index (χ3v) is 5.15. The fourth-order valence-electron chi connectivity index (χ4n) is 3.35. The number of ether oxygens (including phenoxy) is 2. The highest BCUT2D eigenvalue weighted by atomic mass is 79.9. The summed E-state index contributed by atoms with van der Waals surface area (Å²) in [6.45, 7) is 0.489. The third kappa shape index (κ3) is 3.24. The monoisotopic (exact) mass is 354 g/mol. The lowest BCUT2D eigenvalue weighted by atomic mass is 9.98. The molecule has 2 aliphatic rings. The van der Waals surface area contributed by atoms with E-state index in [-0.39, 0.29) is 17.3 Å². The van der Waals surface area contributed by atoms with Crippen LogP contribution in [-0.4, -0.2) is 29.4 Å². The summed E-state index contributed by atoms with van der Waals surface area (Å²) in [4.78, 5) is 11.1. The number of benzene rings is 1. The molecule has 1 aromatic carbocycles. The van der Waals surface area contributed by atoms with E-state index in [2.05, 4.69) is 15.9 Å². The van der Waals surface area contributed by atoms with E-state index in [4.69, 9.17) is 14.6 Å². The Hall–Kier alpha value is -1.07. The number of aromatic carboxylic acids is 1. The summed E-state index contributed by atoms with van der Waals surface area (Å²) >= 11 is 3.23. The molecule has 4 nitrogen and oxygen atoms in total. The van der Waals surface area contributed by atoms with Gasteiger partial charge in [-0.05, 0) is 59.8 Å². The van der Waals surface area contributed by atoms with Gasteiger partial charge in [-0.15, -0.1) is 0 Å². The summed E-state index contributed by atoms with van der Waals surface area (Å²) in [5, 5.41) is 9.10. The van der Waals surface area contributed by atoms with Crippen LogP contribution in [0.5, 0.6) is 5.75 Å². The molecule has 1 saturated heterocycles. The second kappa shape index (κ2) is 5.97. The molecule has 1 unspecified atom stereocenters. The molecule has 1 aliphatic carbocycles. The van der Waals surface area contributed by atoms with Crippen molar-refractivity contribution in [2.75, 3.05) is 6.61 Å². The lowest BCUT2D eigenvalue weighted by Crippen LogP contribution is -2.27. The van der Waals surface area contributed by atoms with Gasteiger partial charge in [0, 0.05) is 4.47 Å². The molecule has 5 heteroatoms. The predicted octanol–water partition coefficient (Wildman–Crippen LogP) is 4.02. The molecule has 1 spiro atoms.